The first-order chi connectivity index (χ1) is 21.1. The SMILES string of the molecule is CO[C@@H]1C[C@@H](OC)C[C@@H](C)C/C(C)=C/C[C@@H]2C[C@H](OC(C)(C)O2)[C@@H](C)COC(=O)[C@@H]2CCCCN2C(=O)C(=O)C(O)(O)[C@H](C)C1. The van der Waals surface area contributed by atoms with Crippen molar-refractivity contribution in [1.82, 2.24) is 4.90 Å². The molecule has 11 nitrogen and oxygen atoms in total. The highest BCUT2D eigenvalue weighted by Crippen LogP contribution is 2.33. The number of nitrogens with zero attached hydrogens (tertiary/aromatic N) is 1. The molecule has 0 saturated carbocycles. The van der Waals surface area contributed by atoms with Gasteiger partial charge in [-0.1, -0.05) is 32.4 Å². The molecule has 1 amide bonds. The molecule has 0 radical (unpaired) electrons. The second kappa shape index (κ2) is 16.3. The third-order valence-electron chi connectivity index (χ3n) is 9.63. The molecule has 2 N–H and O–H groups in total. The molecule has 3 heterocycles. The minimum Gasteiger partial charge on any atom is -0.464 e. The fraction of sp³-hybridized carbons (Fsp3) is 0.853. The fourth-order valence-electron chi connectivity index (χ4n) is 6.92. The third kappa shape index (κ3) is 10.3. The molecule has 3 aliphatic heterocycles. The van der Waals surface area contributed by atoms with Gasteiger partial charge in [-0.05, 0) is 78.1 Å². The maximum Gasteiger partial charge on any atom is 0.328 e. The number of hydrogen-bond acceptors (Lipinski definition) is 10. The van der Waals surface area contributed by atoms with Crippen molar-refractivity contribution in [3.05, 3.63) is 11.6 Å². The summed E-state index contributed by atoms with van der Waals surface area (Å²) in [7, 11) is 3.18. The van der Waals surface area contributed by atoms with Crippen LogP contribution in [0.3, 0.4) is 0 Å². The number of Topliss-reactive ketones (excluding diaryl/α,β-unsaturated/α-hetero) is 1. The third-order valence-corrected chi connectivity index (χ3v) is 9.63. The predicted octanol–water partition coefficient (Wildman–Crippen LogP) is 3.92. The van der Waals surface area contributed by atoms with E-state index in [1.54, 1.807) is 7.11 Å². The van der Waals surface area contributed by atoms with E-state index in [1.807, 2.05) is 20.8 Å². The number of aliphatic hydroxyl groups is 2. The van der Waals surface area contributed by atoms with Gasteiger partial charge in [0.05, 0.1) is 31.0 Å². The van der Waals surface area contributed by atoms with Crippen LogP contribution in [0.25, 0.3) is 0 Å². The summed E-state index contributed by atoms with van der Waals surface area (Å²) in [6.45, 7) is 11.8. The highest BCUT2D eigenvalue weighted by atomic mass is 16.7. The Morgan fingerprint density at radius 1 is 0.933 bits per heavy atom. The van der Waals surface area contributed by atoms with Crippen LogP contribution in [-0.2, 0) is 38.1 Å². The van der Waals surface area contributed by atoms with Gasteiger partial charge in [0.2, 0.25) is 5.79 Å². The molecular weight excluding hydrogens is 582 g/mol. The molecule has 0 unspecified atom stereocenters. The Kier molecular flexibility index (Phi) is 13.6. The average Bonchev–Trinajstić information content (AvgIpc) is 2.99. The minimum absolute atomic E-state index is 0.0605. The van der Waals surface area contributed by atoms with Gasteiger partial charge in [-0.3, -0.25) is 9.59 Å². The molecule has 258 valence electrons. The molecule has 2 bridgehead atoms. The maximum atomic E-state index is 13.4. The molecule has 0 aromatic carbocycles. The predicted molar refractivity (Wildman–Crippen MR) is 167 cm³/mol. The highest BCUT2D eigenvalue weighted by molar-refractivity contribution is 6.39. The van der Waals surface area contributed by atoms with Crippen LogP contribution in [0, 0.1) is 17.8 Å². The van der Waals surface area contributed by atoms with Crippen LogP contribution in [0.15, 0.2) is 11.6 Å². The van der Waals surface area contributed by atoms with Crippen molar-refractivity contribution in [1.29, 1.82) is 0 Å². The number of ether oxygens (including phenoxy) is 5. The number of esters is 1. The number of methoxy groups -OCH3 is 2. The lowest BCUT2D eigenvalue weighted by Crippen LogP contribution is -2.58. The first-order valence-electron chi connectivity index (χ1n) is 16.6. The summed E-state index contributed by atoms with van der Waals surface area (Å²) in [6, 6.07) is -0.987. The van der Waals surface area contributed by atoms with Crippen LogP contribution in [0.5, 0.6) is 0 Å². The number of ketones is 1. The highest BCUT2D eigenvalue weighted by Gasteiger charge is 2.48. The van der Waals surface area contributed by atoms with E-state index in [9.17, 15) is 24.6 Å². The average molecular weight is 640 g/mol. The second-order valence-corrected chi connectivity index (χ2v) is 14.1. The molecular formula is C34H57NO10. The quantitative estimate of drug-likeness (QED) is 0.198. The van der Waals surface area contributed by atoms with Crippen LogP contribution in [0.4, 0.5) is 0 Å². The lowest BCUT2D eigenvalue weighted by Gasteiger charge is -2.43. The molecule has 8 atom stereocenters. The zero-order valence-electron chi connectivity index (χ0n) is 28.6. The van der Waals surface area contributed by atoms with Crippen molar-refractivity contribution in [2.24, 2.45) is 17.8 Å². The molecule has 0 aliphatic carbocycles. The number of hydrogen-bond donors (Lipinski definition) is 2. The number of amides is 1. The number of cyclic esters (lactones) is 1. The number of piperidine rings is 1. The molecule has 11 heteroatoms. The lowest BCUT2D eigenvalue weighted by atomic mass is 9.87. The minimum atomic E-state index is -2.94. The Hall–Kier alpha value is -1.89. The van der Waals surface area contributed by atoms with Gasteiger partial charge >= 0.3 is 5.97 Å². The van der Waals surface area contributed by atoms with E-state index in [0.717, 1.165) is 24.2 Å². The summed E-state index contributed by atoms with van der Waals surface area (Å²) in [5.41, 5.74) is 1.25. The molecule has 0 aromatic heterocycles. The van der Waals surface area contributed by atoms with Crippen molar-refractivity contribution in [3.8, 4) is 0 Å². The monoisotopic (exact) mass is 639 g/mol. The van der Waals surface area contributed by atoms with Gasteiger partial charge in [0.1, 0.15) is 6.04 Å². The Morgan fingerprint density at radius 3 is 2.27 bits per heavy atom. The number of carbonyl (C=O) groups is 3. The van der Waals surface area contributed by atoms with E-state index < -0.39 is 47.3 Å². The number of fused-ring (bicyclic) bond motifs is 3. The van der Waals surface area contributed by atoms with E-state index in [2.05, 4.69) is 19.9 Å². The van der Waals surface area contributed by atoms with E-state index in [1.165, 1.54) is 19.6 Å². The van der Waals surface area contributed by atoms with Crippen LogP contribution in [0.2, 0.25) is 0 Å². The first-order valence-corrected chi connectivity index (χ1v) is 16.6. The molecule has 2 saturated heterocycles. The summed E-state index contributed by atoms with van der Waals surface area (Å²) in [4.78, 5) is 41.2. The van der Waals surface area contributed by atoms with Crippen molar-refractivity contribution >= 4 is 17.7 Å². The Labute approximate surface area is 268 Å². The summed E-state index contributed by atoms with van der Waals surface area (Å²) in [5.74, 6) is -7.68. The molecule has 3 aliphatic rings. The molecule has 0 aromatic rings. The van der Waals surface area contributed by atoms with Crippen molar-refractivity contribution in [3.63, 3.8) is 0 Å². The van der Waals surface area contributed by atoms with Crippen LogP contribution < -0.4 is 0 Å². The van der Waals surface area contributed by atoms with Gasteiger partial charge in [-0.15, -0.1) is 0 Å². The van der Waals surface area contributed by atoms with E-state index >= 15 is 0 Å². The van der Waals surface area contributed by atoms with Crippen LogP contribution >= 0.6 is 0 Å². The molecule has 2 fully saturated rings. The number of rotatable bonds is 2. The maximum absolute atomic E-state index is 13.4. The van der Waals surface area contributed by atoms with E-state index in [-0.39, 0.29) is 43.8 Å². The van der Waals surface area contributed by atoms with Crippen LogP contribution in [0.1, 0.15) is 99.3 Å². The van der Waals surface area contributed by atoms with Crippen molar-refractivity contribution in [2.45, 2.75) is 141 Å². The van der Waals surface area contributed by atoms with Crippen molar-refractivity contribution < 1.29 is 48.3 Å². The first kappa shape index (κ1) is 37.6. The van der Waals surface area contributed by atoms with Gasteiger partial charge in [0.25, 0.3) is 11.7 Å². The van der Waals surface area contributed by atoms with E-state index in [0.29, 0.717) is 38.0 Å². The second-order valence-electron chi connectivity index (χ2n) is 14.1. The normalized spacial score (nSPS) is 37.6. The van der Waals surface area contributed by atoms with Gasteiger partial charge in [0, 0.05) is 39.0 Å². The summed E-state index contributed by atoms with van der Waals surface area (Å²) < 4.78 is 29.7. The molecule has 3 rings (SSSR count). The standard InChI is InChI=1S/C34H57NO10/c1-21-12-13-25-19-29(45-33(5,6)44-25)23(3)20-43-32(38)28-11-9-10-14-35(28)31(37)30(36)34(39,40)24(4)17-27(42-8)18-26(41-7)16-22(2)15-21/h12,22-29,39-40H,9-11,13-20H2,1-8H3/b21-12+/t22-,23-,24+,25+,26-,27-,28-,29-/m0/s1. The van der Waals surface area contributed by atoms with Gasteiger partial charge in [0.15, 0.2) is 5.79 Å². The van der Waals surface area contributed by atoms with Gasteiger partial charge in [-0.2, -0.15) is 0 Å². The molecule has 45 heavy (non-hydrogen) atoms. The number of carbonyl (C=O) groups excluding carboxylic acids is 3. The van der Waals surface area contributed by atoms with Crippen molar-refractivity contribution in [2.75, 3.05) is 27.4 Å². The van der Waals surface area contributed by atoms with E-state index in [4.69, 9.17) is 23.7 Å². The smallest absolute Gasteiger partial charge is 0.328 e. The zero-order valence-corrected chi connectivity index (χ0v) is 28.6. The van der Waals surface area contributed by atoms with Gasteiger partial charge in [-0.25, -0.2) is 4.79 Å². The zero-order chi connectivity index (χ0) is 33.5. The summed E-state index contributed by atoms with van der Waals surface area (Å²) in [6.07, 6.45) is 6.55. The lowest BCUT2D eigenvalue weighted by molar-refractivity contribution is -0.307. The Morgan fingerprint density at radius 2 is 1.60 bits per heavy atom. The molecule has 0 spiro atoms. The Balaban J connectivity index is 1.89. The Bertz CT molecular complexity index is 1040. The largest absolute Gasteiger partial charge is 0.464 e. The van der Waals surface area contributed by atoms with Gasteiger partial charge < -0.3 is 38.8 Å². The van der Waals surface area contributed by atoms with Crippen LogP contribution in [-0.4, -0.2) is 102 Å². The topological polar surface area (TPSA) is 141 Å². The summed E-state index contributed by atoms with van der Waals surface area (Å²) in [5, 5.41) is 22.0. The number of allylic oxidation sites excluding steroid dienone is 1. The fourth-order valence-corrected chi connectivity index (χ4v) is 6.92. The summed E-state index contributed by atoms with van der Waals surface area (Å²) >= 11 is 0.